The van der Waals surface area contributed by atoms with Gasteiger partial charge in [-0.1, -0.05) is 21.6 Å². The van der Waals surface area contributed by atoms with Crippen LogP contribution in [0.3, 0.4) is 0 Å². The average molecular weight is 172 g/mol. The maximum absolute atomic E-state index is 4.05. The third kappa shape index (κ3) is 2.19. The number of hydrogen-bond donors (Lipinski definition) is 0. The van der Waals surface area contributed by atoms with E-state index in [1.165, 1.54) is 0 Å². The Morgan fingerprint density at radius 2 is 1.90 bits per heavy atom. The molecule has 0 unspecified atom stereocenters. The lowest BCUT2D eigenvalue weighted by Crippen LogP contribution is -1.84. The minimum atomic E-state index is 0.824. The fraction of sp³-hybridized carbons (Fsp3) is 0.333. The maximum Gasteiger partial charge on any atom is 0.125 e. The van der Waals surface area contributed by atoms with Crippen molar-refractivity contribution in [3.05, 3.63) is 18.2 Å². The topological polar surface area (TPSA) is 25.8 Å². The fourth-order valence-corrected chi connectivity index (χ4v) is 1.74. The first kappa shape index (κ1) is 7.88. The zero-order chi connectivity index (χ0) is 7.40. The summed E-state index contributed by atoms with van der Waals surface area (Å²) in [6.07, 6.45) is 5.71. The number of aromatic nitrogens is 2. The van der Waals surface area contributed by atoms with E-state index in [4.69, 9.17) is 0 Å². The Balaban J connectivity index is 2.69. The van der Waals surface area contributed by atoms with E-state index in [1.807, 2.05) is 25.6 Å². The third-order valence-corrected chi connectivity index (χ3v) is 2.58. The monoisotopic (exact) mass is 172 g/mol. The van der Waals surface area contributed by atoms with Crippen molar-refractivity contribution in [2.45, 2.75) is 11.8 Å². The van der Waals surface area contributed by atoms with E-state index in [0.717, 1.165) is 10.7 Å². The van der Waals surface area contributed by atoms with E-state index in [1.54, 1.807) is 21.6 Å². The molecular weight excluding hydrogens is 164 g/mol. The second-order valence-electron chi connectivity index (χ2n) is 1.72. The molecule has 0 amide bonds. The molecule has 0 N–H and O–H groups in total. The minimum absolute atomic E-state index is 0.824. The van der Waals surface area contributed by atoms with Gasteiger partial charge in [0.15, 0.2) is 0 Å². The van der Waals surface area contributed by atoms with Gasteiger partial charge in [-0.2, -0.15) is 0 Å². The summed E-state index contributed by atoms with van der Waals surface area (Å²) in [4.78, 5) is 9.21. The van der Waals surface area contributed by atoms with Crippen LogP contribution in [-0.4, -0.2) is 16.2 Å². The number of hydrogen-bond acceptors (Lipinski definition) is 4. The van der Waals surface area contributed by atoms with Crippen LogP contribution in [0.5, 0.6) is 0 Å². The predicted molar refractivity (Wildman–Crippen MR) is 46.1 cm³/mol. The highest BCUT2D eigenvalue weighted by molar-refractivity contribution is 8.76. The first-order chi connectivity index (χ1) is 4.83. The van der Waals surface area contributed by atoms with E-state index < -0.39 is 0 Å². The molecule has 1 rings (SSSR count). The molecule has 1 aromatic heterocycles. The summed E-state index contributed by atoms with van der Waals surface area (Å²) in [5, 5.41) is 0. The van der Waals surface area contributed by atoms with Gasteiger partial charge in [-0.05, 0) is 13.2 Å². The highest BCUT2D eigenvalue weighted by atomic mass is 33.1. The van der Waals surface area contributed by atoms with Gasteiger partial charge >= 0.3 is 0 Å². The summed E-state index contributed by atoms with van der Waals surface area (Å²) in [6.45, 7) is 1.88. The van der Waals surface area contributed by atoms with Gasteiger partial charge in [0, 0.05) is 12.4 Å². The van der Waals surface area contributed by atoms with Gasteiger partial charge in [0.25, 0.3) is 0 Å². The summed E-state index contributed by atoms with van der Waals surface area (Å²) in [6, 6.07) is 0. The highest BCUT2D eigenvalue weighted by Gasteiger charge is 1.91. The van der Waals surface area contributed by atoms with Gasteiger partial charge in [0.2, 0.25) is 0 Å². The lowest BCUT2D eigenvalue weighted by atomic mass is 10.6. The molecule has 0 saturated heterocycles. The Hall–Kier alpha value is -0.220. The van der Waals surface area contributed by atoms with Gasteiger partial charge in [-0.25, -0.2) is 9.97 Å². The molecule has 0 spiro atoms. The van der Waals surface area contributed by atoms with Gasteiger partial charge in [-0.15, -0.1) is 0 Å². The van der Waals surface area contributed by atoms with Crippen molar-refractivity contribution < 1.29 is 0 Å². The molecule has 0 aliphatic carbocycles. The molecule has 0 radical (unpaired) electrons. The Labute approximate surface area is 68.2 Å². The van der Waals surface area contributed by atoms with E-state index in [-0.39, 0.29) is 0 Å². The van der Waals surface area contributed by atoms with Crippen LogP contribution in [-0.2, 0) is 0 Å². The number of aryl methyl sites for hydroxylation is 1. The molecule has 0 bridgehead atoms. The van der Waals surface area contributed by atoms with E-state index in [2.05, 4.69) is 9.97 Å². The predicted octanol–water partition coefficient (Wildman–Crippen LogP) is 2.16. The van der Waals surface area contributed by atoms with Crippen LogP contribution in [0.1, 0.15) is 5.82 Å². The van der Waals surface area contributed by atoms with Crippen molar-refractivity contribution in [2.75, 3.05) is 6.26 Å². The van der Waals surface area contributed by atoms with Gasteiger partial charge < -0.3 is 0 Å². The van der Waals surface area contributed by atoms with Crippen molar-refractivity contribution in [1.29, 1.82) is 0 Å². The molecule has 0 fully saturated rings. The molecule has 1 aromatic rings. The summed E-state index contributed by atoms with van der Waals surface area (Å²) in [7, 11) is 3.37. The molecule has 0 atom stereocenters. The minimum Gasteiger partial charge on any atom is -0.240 e. The SMILES string of the molecule is CSSc1cnc(C)nc1. The Morgan fingerprint density at radius 1 is 1.30 bits per heavy atom. The Bertz CT molecular complexity index is 197. The number of nitrogens with zero attached hydrogens (tertiary/aromatic N) is 2. The van der Waals surface area contributed by atoms with Crippen LogP contribution in [0.2, 0.25) is 0 Å². The van der Waals surface area contributed by atoms with Crippen LogP contribution in [0.25, 0.3) is 0 Å². The summed E-state index contributed by atoms with van der Waals surface area (Å²) in [5.41, 5.74) is 0. The zero-order valence-corrected chi connectivity index (χ0v) is 7.50. The zero-order valence-electron chi connectivity index (χ0n) is 5.87. The first-order valence-corrected chi connectivity index (χ1v) is 5.38. The van der Waals surface area contributed by atoms with Gasteiger partial charge in [0.05, 0.1) is 4.90 Å². The molecule has 2 nitrogen and oxygen atoms in total. The molecule has 10 heavy (non-hydrogen) atoms. The largest absolute Gasteiger partial charge is 0.240 e. The Kier molecular flexibility index (Phi) is 3.02. The van der Waals surface area contributed by atoms with E-state index in [9.17, 15) is 0 Å². The van der Waals surface area contributed by atoms with Crippen LogP contribution in [0, 0.1) is 6.92 Å². The third-order valence-electron chi connectivity index (χ3n) is 0.937. The summed E-state index contributed by atoms with van der Waals surface area (Å²) >= 11 is 0. The molecule has 54 valence electrons. The van der Waals surface area contributed by atoms with Crippen LogP contribution in [0.15, 0.2) is 17.3 Å². The van der Waals surface area contributed by atoms with Gasteiger partial charge in [-0.3, -0.25) is 0 Å². The molecular formula is C6H8N2S2. The van der Waals surface area contributed by atoms with Crippen LogP contribution in [0.4, 0.5) is 0 Å². The van der Waals surface area contributed by atoms with Crippen LogP contribution >= 0.6 is 21.6 Å². The highest BCUT2D eigenvalue weighted by Crippen LogP contribution is 2.26. The van der Waals surface area contributed by atoms with Crippen LogP contribution < -0.4 is 0 Å². The normalized spacial score (nSPS) is 9.80. The smallest absolute Gasteiger partial charge is 0.125 e. The van der Waals surface area contributed by atoms with E-state index in [0.29, 0.717) is 0 Å². The van der Waals surface area contributed by atoms with Gasteiger partial charge in [0.1, 0.15) is 5.82 Å². The second-order valence-corrected chi connectivity index (χ2v) is 4.19. The maximum atomic E-state index is 4.05. The second kappa shape index (κ2) is 3.83. The lowest BCUT2D eigenvalue weighted by Gasteiger charge is -1.94. The fourth-order valence-electron chi connectivity index (χ4n) is 0.520. The average Bonchev–Trinajstić information content (AvgIpc) is 1.95. The van der Waals surface area contributed by atoms with Crippen molar-refractivity contribution in [1.82, 2.24) is 9.97 Å². The molecule has 1 heterocycles. The van der Waals surface area contributed by atoms with Crippen molar-refractivity contribution >= 4 is 21.6 Å². The molecule has 0 aliphatic rings. The molecule has 0 aromatic carbocycles. The summed E-state index contributed by atoms with van der Waals surface area (Å²) < 4.78 is 0. The Morgan fingerprint density at radius 3 is 2.40 bits per heavy atom. The first-order valence-electron chi connectivity index (χ1n) is 2.82. The molecule has 4 heteroatoms. The van der Waals surface area contributed by atoms with E-state index >= 15 is 0 Å². The number of rotatable bonds is 2. The van der Waals surface area contributed by atoms with Crippen molar-refractivity contribution in [3.8, 4) is 0 Å². The van der Waals surface area contributed by atoms with Crippen molar-refractivity contribution in [3.63, 3.8) is 0 Å². The standard InChI is InChI=1S/C6H8N2S2/c1-5-7-3-6(4-8-5)10-9-2/h3-4H,1-2H3. The lowest BCUT2D eigenvalue weighted by molar-refractivity contribution is 1.01. The molecule has 0 aliphatic heterocycles. The molecule has 0 saturated carbocycles. The summed E-state index contributed by atoms with van der Waals surface area (Å²) in [5.74, 6) is 0.824. The van der Waals surface area contributed by atoms with Crippen molar-refractivity contribution in [2.24, 2.45) is 0 Å². The quantitative estimate of drug-likeness (QED) is 0.638.